The molecule has 1 aromatic rings. The van der Waals surface area contributed by atoms with Crippen LogP contribution in [-0.2, 0) is 12.8 Å². The Hall–Kier alpha value is -1.02. The molecule has 0 aromatic heterocycles. The molecule has 1 unspecified atom stereocenters. The molecule has 2 rings (SSSR count). The molecule has 2 heteroatoms. The molecule has 1 atom stereocenters. The fourth-order valence-corrected chi connectivity index (χ4v) is 2.13. The van der Waals surface area contributed by atoms with Crippen LogP contribution < -0.4 is 4.74 Å². The van der Waals surface area contributed by atoms with Crippen LogP contribution >= 0.6 is 0 Å². The first-order valence-electron chi connectivity index (χ1n) is 5.73. The van der Waals surface area contributed by atoms with Crippen LogP contribution in [0.25, 0.3) is 0 Å². The van der Waals surface area contributed by atoms with E-state index in [0.717, 1.165) is 43.6 Å². The van der Waals surface area contributed by atoms with Crippen molar-refractivity contribution in [2.75, 3.05) is 6.61 Å². The maximum Gasteiger partial charge on any atom is 0.125 e. The number of para-hydroxylation sites is 1. The largest absolute Gasteiger partial charge is 0.493 e. The Kier molecular flexibility index (Phi) is 3.27. The minimum absolute atomic E-state index is 0.231. The zero-order chi connectivity index (χ0) is 10.7. The van der Waals surface area contributed by atoms with Crippen molar-refractivity contribution in [2.45, 2.75) is 38.7 Å². The Morgan fingerprint density at radius 3 is 3.13 bits per heavy atom. The van der Waals surface area contributed by atoms with Crippen molar-refractivity contribution in [2.24, 2.45) is 0 Å². The van der Waals surface area contributed by atoms with Gasteiger partial charge in [0.2, 0.25) is 0 Å². The average Bonchev–Trinajstić information content (AvgIpc) is 2.67. The van der Waals surface area contributed by atoms with Gasteiger partial charge in [-0.05, 0) is 17.5 Å². The molecule has 0 saturated heterocycles. The Labute approximate surface area is 90.9 Å². The van der Waals surface area contributed by atoms with Crippen molar-refractivity contribution in [3.05, 3.63) is 29.3 Å². The van der Waals surface area contributed by atoms with Crippen molar-refractivity contribution in [3.8, 4) is 5.75 Å². The summed E-state index contributed by atoms with van der Waals surface area (Å²) in [4.78, 5) is 0. The van der Waals surface area contributed by atoms with Crippen molar-refractivity contribution >= 4 is 0 Å². The van der Waals surface area contributed by atoms with Crippen molar-refractivity contribution in [1.29, 1.82) is 0 Å². The molecule has 1 aromatic carbocycles. The van der Waals surface area contributed by atoms with Crippen LogP contribution in [-0.4, -0.2) is 17.8 Å². The van der Waals surface area contributed by atoms with Crippen LogP contribution in [0.2, 0.25) is 0 Å². The molecule has 0 amide bonds. The first-order valence-corrected chi connectivity index (χ1v) is 5.73. The highest BCUT2D eigenvalue weighted by atomic mass is 16.5. The normalized spacial score (nSPS) is 15.9. The van der Waals surface area contributed by atoms with Gasteiger partial charge in [-0.25, -0.2) is 0 Å². The van der Waals surface area contributed by atoms with E-state index in [1.54, 1.807) is 0 Å². The lowest BCUT2D eigenvalue weighted by Gasteiger charge is -2.12. The van der Waals surface area contributed by atoms with E-state index >= 15 is 0 Å². The van der Waals surface area contributed by atoms with Gasteiger partial charge in [0.15, 0.2) is 0 Å². The smallest absolute Gasteiger partial charge is 0.125 e. The maximum atomic E-state index is 9.78. The van der Waals surface area contributed by atoms with Gasteiger partial charge in [-0.1, -0.05) is 31.5 Å². The van der Waals surface area contributed by atoms with Crippen molar-refractivity contribution < 1.29 is 9.84 Å². The molecule has 0 bridgehead atoms. The molecule has 0 spiro atoms. The average molecular weight is 206 g/mol. The van der Waals surface area contributed by atoms with E-state index < -0.39 is 0 Å². The Bertz CT molecular complexity index is 333. The van der Waals surface area contributed by atoms with Crippen LogP contribution in [0.4, 0.5) is 0 Å². The van der Waals surface area contributed by atoms with E-state index in [2.05, 4.69) is 25.1 Å². The number of hydrogen-bond acceptors (Lipinski definition) is 2. The number of rotatable bonds is 4. The SMILES string of the molecule is CCCC(O)Cc1cccc2c1OCC2. The van der Waals surface area contributed by atoms with Crippen LogP contribution in [0.1, 0.15) is 30.9 Å². The number of aliphatic hydroxyl groups excluding tert-OH is 1. The molecule has 2 nitrogen and oxygen atoms in total. The first kappa shape index (κ1) is 10.5. The molecule has 0 saturated carbocycles. The monoisotopic (exact) mass is 206 g/mol. The van der Waals surface area contributed by atoms with Gasteiger partial charge in [0.1, 0.15) is 5.75 Å². The fourth-order valence-electron chi connectivity index (χ4n) is 2.13. The van der Waals surface area contributed by atoms with Crippen molar-refractivity contribution in [1.82, 2.24) is 0 Å². The molecule has 1 heterocycles. The maximum absolute atomic E-state index is 9.78. The molecule has 15 heavy (non-hydrogen) atoms. The Morgan fingerprint density at radius 1 is 1.47 bits per heavy atom. The zero-order valence-corrected chi connectivity index (χ0v) is 9.20. The second-order valence-corrected chi connectivity index (χ2v) is 4.15. The van der Waals surface area contributed by atoms with E-state index in [1.807, 2.05) is 0 Å². The minimum atomic E-state index is -0.231. The Balaban J connectivity index is 2.11. The van der Waals surface area contributed by atoms with E-state index in [1.165, 1.54) is 5.56 Å². The van der Waals surface area contributed by atoms with Gasteiger partial charge in [-0.2, -0.15) is 0 Å². The van der Waals surface area contributed by atoms with Crippen LogP contribution in [0.15, 0.2) is 18.2 Å². The minimum Gasteiger partial charge on any atom is -0.493 e. The van der Waals surface area contributed by atoms with Gasteiger partial charge in [0.25, 0.3) is 0 Å². The molecule has 0 aliphatic carbocycles. The summed E-state index contributed by atoms with van der Waals surface area (Å²) in [6.07, 6.45) is 3.39. The van der Waals surface area contributed by atoms with E-state index in [9.17, 15) is 5.11 Å². The van der Waals surface area contributed by atoms with Crippen LogP contribution in [0.5, 0.6) is 5.75 Å². The Morgan fingerprint density at radius 2 is 2.33 bits per heavy atom. The first-order chi connectivity index (χ1) is 7.31. The van der Waals surface area contributed by atoms with Gasteiger partial charge < -0.3 is 9.84 Å². The third kappa shape index (κ3) is 2.32. The summed E-state index contributed by atoms with van der Waals surface area (Å²) < 4.78 is 5.60. The van der Waals surface area contributed by atoms with E-state index in [4.69, 9.17) is 4.74 Å². The predicted octanol–water partition coefficient (Wildman–Crippen LogP) is 2.33. The molecule has 0 radical (unpaired) electrons. The third-order valence-corrected chi connectivity index (χ3v) is 2.87. The topological polar surface area (TPSA) is 29.5 Å². The molecular formula is C13H18O2. The fraction of sp³-hybridized carbons (Fsp3) is 0.538. The molecule has 82 valence electrons. The van der Waals surface area contributed by atoms with Crippen molar-refractivity contribution in [3.63, 3.8) is 0 Å². The predicted molar refractivity (Wildman–Crippen MR) is 60.3 cm³/mol. The summed E-state index contributed by atoms with van der Waals surface area (Å²) in [6.45, 7) is 2.88. The van der Waals surface area contributed by atoms with Gasteiger partial charge in [0, 0.05) is 12.8 Å². The molecule has 1 aliphatic heterocycles. The number of hydrogen-bond donors (Lipinski definition) is 1. The molecule has 1 aliphatic rings. The molecule has 0 fully saturated rings. The van der Waals surface area contributed by atoms with Gasteiger partial charge >= 0.3 is 0 Å². The van der Waals surface area contributed by atoms with E-state index in [-0.39, 0.29) is 6.10 Å². The zero-order valence-electron chi connectivity index (χ0n) is 9.20. The summed E-state index contributed by atoms with van der Waals surface area (Å²) >= 11 is 0. The van der Waals surface area contributed by atoms with Crippen LogP contribution in [0.3, 0.4) is 0 Å². The highest BCUT2D eigenvalue weighted by molar-refractivity contribution is 5.44. The summed E-state index contributed by atoms with van der Waals surface area (Å²) in [5.41, 5.74) is 2.45. The van der Waals surface area contributed by atoms with E-state index in [0.29, 0.717) is 0 Å². The number of aliphatic hydroxyl groups is 1. The lowest BCUT2D eigenvalue weighted by Crippen LogP contribution is -2.10. The number of benzene rings is 1. The van der Waals surface area contributed by atoms with Gasteiger partial charge in [0.05, 0.1) is 12.7 Å². The molecular weight excluding hydrogens is 188 g/mol. The van der Waals surface area contributed by atoms with Crippen LogP contribution in [0, 0.1) is 0 Å². The van der Waals surface area contributed by atoms with Gasteiger partial charge in [-0.15, -0.1) is 0 Å². The third-order valence-electron chi connectivity index (χ3n) is 2.87. The summed E-state index contributed by atoms with van der Waals surface area (Å²) in [5.74, 6) is 1.02. The lowest BCUT2D eigenvalue weighted by molar-refractivity contribution is 0.162. The summed E-state index contributed by atoms with van der Waals surface area (Å²) in [5, 5.41) is 9.78. The lowest BCUT2D eigenvalue weighted by atomic mass is 10.0. The molecule has 1 N–H and O–H groups in total. The standard InChI is InChI=1S/C13H18O2/c1-2-4-12(14)9-11-6-3-5-10-7-8-15-13(10)11/h3,5-6,12,14H,2,4,7-9H2,1H3. The van der Waals surface area contributed by atoms with Gasteiger partial charge in [-0.3, -0.25) is 0 Å². The summed E-state index contributed by atoms with van der Waals surface area (Å²) in [7, 11) is 0. The summed E-state index contributed by atoms with van der Waals surface area (Å²) in [6, 6.07) is 6.22. The highest BCUT2D eigenvalue weighted by Crippen LogP contribution is 2.30. The number of fused-ring (bicyclic) bond motifs is 1. The number of ether oxygens (including phenoxy) is 1. The second-order valence-electron chi connectivity index (χ2n) is 4.15. The second kappa shape index (κ2) is 4.67. The highest BCUT2D eigenvalue weighted by Gasteiger charge is 2.17. The quantitative estimate of drug-likeness (QED) is 0.819.